The van der Waals surface area contributed by atoms with Crippen molar-refractivity contribution in [3.8, 4) is 5.69 Å². The second-order valence-corrected chi connectivity index (χ2v) is 11.9. The van der Waals surface area contributed by atoms with Gasteiger partial charge < -0.3 is 5.32 Å². The van der Waals surface area contributed by atoms with Crippen LogP contribution in [0.15, 0.2) is 48.5 Å². The van der Waals surface area contributed by atoms with E-state index < -0.39 is 0 Å². The Balaban J connectivity index is 2.05. The van der Waals surface area contributed by atoms with E-state index in [1.54, 1.807) is 4.90 Å². The maximum atomic E-state index is 13.6. The number of anilines is 1. The highest BCUT2D eigenvalue weighted by Gasteiger charge is 2.40. The fraction of sp³-hybridized carbons (Fsp3) is 0.393. The Kier molecular flexibility index (Phi) is 7.53. The summed E-state index contributed by atoms with van der Waals surface area (Å²) >= 11 is 8.23. The van der Waals surface area contributed by atoms with E-state index in [1.807, 2.05) is 74.0 Å². The minimum Gasteiger partial charge on any atom is -0.352 e. The summed E-state index contributed by atoms with van der Waals surface area (Å²) in [7, 11) is 0. The third-order valence-corrected chi connectivity index (χ3v) is 7.66. The van der Waals surface area contributed by atoms with Crippen molar-refractivity contribution in [1.82, 2.24) is 15.1 Å². The Morgan fingerprint density at radius 1 is 1.17 bits per heavy atom. The van der Waals surface area contributed by atoms with Crippen LogP contribution in [0.5, 0.6) is 0 Å². The number of nitrogens with one attached hydrogen (secondary N) is 1. The summed E-state index contributed by atoms with van der Waals surface area (Å²) < 4.78 is 1.85. The van der Waals surface area contributed by atoms with Crippen LogP contribution in [0.3, 0.4) is 0 Å². The fourth-order valence-corrected chi connectivity index (χ4v) is 6.03. The Hall–Kier alpha value is -2.77. The smallest absolute Gasteiger partial charge is 0.240 e. The third kappa shape index (κ3) is 5.18. The molecule has 2 amide bonds. The number of hydrogen-bond donors (Lipinski definition) is 1. The monoisotopic (exact) mass is 524 g/mol. The first-order chi connectivity index (χ1) is 17.0. The van der Waals surface area contributed by atoms with Crippen molar-refractivity contribution in [2.75, 3.05) is 17.2 Å². The number of thioether (sulfide) groups is 1. The second-order valence-electron chi connectivity index (χ2n) is 10.4. The SMILES string of the molecule is Cc1ccccc1-n1nc(C(C)(C)C)c2c1N(CC(=O)NC(C)C)C(=O)CSC2c1ccccc1Cl. The van der Waals surface area contributed by atoms with Gasteiger partial charge in [0.15, 0.2) is 0 Å². The predicted molar refractivity (Wildman–Crippen MR) is 148 cm³/mol. The van der Waals surface area contributed by atoms with Crippen LogP contribution in [0.2, 0.25) is 5.02 Å². The van der Waals surface area contributed by atoms with E-state index in [2.05, 4.69) is 26.1 Å². The molecule has 1 aliphatic heterocycles. The average molecular weight is 525 g/mol. The van der Waals surface area contributed by atoms with Crippen molar-refractivity contribution in [3.05, 3.63) is 75.9 Å². The number of hydrogen-bond acceptors (Lipinski definition) is 4. The average Bonchev–Trinajstić information content (AvgIpc) is 3.13. The first-order valence-corrected chi connectivity index (χ1v) is 13.6. The zero-order chi connectivity index (χ0) is 26.2. The molecule has 2 heterocycles. The number of benzene rings is 2. The first-order valence-electron chi connectivity index (χ1n) is 12.1. The molecule has 0 aliphatic carbocycles. The minimum absolute atomic E-state index is 0.0317. The standard InChI is InChI=1S/C28H33ClN4O2S/c1-17(2)30-22(34)15-32-23(35)16-36-25(19-12-8-9-13-20(19)29)24-26(28(4,5)6)31-33(27(24)32)21-14-10-7-11-18(21)3/h7-14,17,25H,15-16H2,1-6H3,(H,30,34). The molecule has 8 heteroatoms. The van der Waals surface area contributed by atoms with Gasteiger partial charge in [0.1, 0.15) is 12.4 Å². The summed E-state index contributed by atoms with van der Waals surface area (Å²) in [5.41, 5.74) is 4.30. The van der Waals surface area contributed by atoms with Gasteiger partial charge in [-0.1, -0.05) is 68.8 Å². The molecule has 2 aromatic carbocycles. The molecule has 6 nitrogen and oxygen atoms in total. The predicted octanol–water partition coefficient (Wildman–Crippen LogP) is 5.83. The van der Waals surface area contributed by atoms with Gasteiger partial charge in [0, 0.05) is 22.0 Å². The van der Waals surface area contributed by atoms with Gasteiger partial charge in [-0.15, -0.1) is 11.8 Å². The number of aryl methyl sites for hydroxylation is 1. The molecule has 3 aromatic rings. The number of nitrogens with zero attached hydrogens (tertiary/aromatic N) is 3. The quantitative estimate of drug-likeness (QED) is 0.456. The number of amides is 2. The van der Waals surface area contributed by atoms with E-state index in [0.29, 0.717) is 10.8 Å². The van der Waals surface area contributed by atoms with E-state index in [4.69, 9.17) is 16.7 Å². The lowest BCUT2D eigenvalue weighted by Gasteiger charge is -2.25. The molecule has 1 atom stereocenters. The summed E-state index contributed by atoms with van der Waals surface area (Å²) in [5.74, 6) is 0.509. The van der Waals surface area contributed by atoms with Gasteiger partial charge in [-0.25, -0.2) is 4.68 Å². The number of halogens is 1. The molecular formula is C28H33ClN4O2S. The highest BCUT2D eigenvalue weighted by Crippen LogP contribution is 2.49. The van der Waals surface area contributed by atoms with Crippen LogP contribution in [0.4, 0.5) is 5.82 Å². The van der Waals surface area contributed by atoms with Gasteiger partial charge in [-0.05, 0) is 44.0 Å². The molecule has 1 unspecified atom stereocenters. The Morgan fingerprint density at radius 2 is 1.83 bits per heavy atom. The fourth-order valence-electron chi connectivity index (χ4n) is 4.49. The van der Waals surface area contributed by atoms with E-state index in [-0.39, 0.29) is 40.8 Å². The van der Waals surface area contributed by atoms with Crippen LogP contribution in [0.1, 0.15) is 62.3 Å². The van der Waals surface area contributed by atoms with Crippen LogP contribution in [-0.2, 0) is 15.0 Å². The Morgan fingerprint density at radius 3 is 2.47 bits per heavy atom. The van der Waals surface area contributed by atoms with E-state index >= 15 is 0 Å². The zero-order valence-corrected chi connectivity index (χ0v) is 23.2. The van der Waals surface area contributed by atoms with Crippen LogP contribution in [-0.4, -0.2) is 39.9 Å². The van der Waals surface area contributed by atoms with Gasteiger partial charge >= 0.3 is 0 Å². The number of para-hydroxylation sites is 1. The molecule has 36 heavy (non-hydrogen) atoms. The molecule has 1 aliphatic rings. The number of fused-ring (bicyclic) bond motifs is 1. The van der Waals surface area contributed by atoms with Crippen LogP contribution < -0.4 is 10.2 Å². The summed E-state index contributed by atoms with van der Waals surface area (Å²) in [6.45, 7) is 12.1. The molecule has 0 saturated carbocycles. The molecule has 4 rings (SSSR count). The van der Waals surface area contributed by atoms with Crippen molar-refractivity contribution in [2.45, 2.75) is 58.2 Å². The molecule has 0 bridgehead atoms. The Bertz CT molecular complexity index is 1290. The van der Waals surface area contributed by atoms with Gasteiger partial charge in [-0.3, -0.25) is 14.5 Å². The number of rotatable bonds is 5. The largest absolute Gasteiger partial charge is 0.352 e. The van der Waals surface area contributed by atoms with Crippen molar-refractivity contribution in [2.24, 2.45) is 0 Å². The topological polar surface area (TPSA) is 67.2 Å². The lowest BCUT2D eigenvalue weighted by Crippen LogP contribution is -2.44. The summed E-state index contributed by atoms with van der Waals surface area (Å²) in [6, 6.07) is 15.7. The molecule has 1 N–H and O–H groups in total. The Labute approximate surface area is 222 Å². The van der Waals surface area contributed by atoms with Gasteiger partial charge in [0.25, 0.3) is 0 Å². The van der Waals surface area contributed by atoms with Crippen molar-refractivity contribution in [3.63, 3.8) is 0 Å². The van der Waals surface area contributed by atoms with Gasteiger partial charge in [-0.2, -0.15) is 5.10 Å². The number of carbonyl (C=O) groups is 2. The van der Waals surface area contributed by atoms with E-state index in [9.17, 15) is 9.59 Å². The molecule has 0 radical (unpaired) electrons. The number of aromatic nitrogens is 2. The maximum absolute atomic E-state index is 13.6. The summed E-state index contributed by atoms with van der Waals surface area (Å²) in [5, 5.41) is 8.48. The van der Waals surface area contributed by atoms with Crippen molar-refractivity contribution < 1.29 is 9.59 Å². The molecule has 1 aromatic heterocycles. The van der Waals surface area contributed by atoms with Crippen LogP contribution in [0.25, 0.3) is 5.69 Å². The lowest BCUT2D eigenvalue weighted by atomic mass is 9.87. The van der Waals surface area contributed by atoms with Gasteiger partial charge in [0.2, 0.25) is 11.8 Å². The highest BCUT2D eigenvalue weighted by atomic mass is 35.5. The summed E-state index contributed by atoms with van der Waals surface area (Å²) in [6.07, 6.45) is 0. The maximum Gasteiger partial charge on any atom is 0.240 e. The molecule has 0 fully saturated rings. The highest BCUT2D eigenvalue weighted by molar-refractivity contribution is 8.00. The second kappa shape index (κ2) is 10.3. The molecule has 0 saturated heterocycles. The van der Waals surface area contributed by atoms with Crippen LogP contribution >= 0.6 is 23.4 Å². The van der Waals surface area contributed by atoms with E-state index in [1.165, 1.54) is 11.8 Å². The van der Waals surface area contributed by atoms with Crippen molar-refractivity contribution >= 4 is 41.0 Å². The zero-order valence-electron chi connectivity index (χ0n) is 21.6. The van der Waals surface area contributed by atoms with Crippen LogP contribution in [0, 0.1) is 6.92 Å². The minimum atomic E-state index is -0.322. The molecule has 190 valence electrons. The molecular weight excluding hydrogens is 492 g/mol. The molecule has 0 spiro atoms. The lowest BCUT2D eigenvalue weighted by molar-refractivity contribution is -0.123. The normalized spacial score (nSPS) is 16.2. The number of carbonyl (C=O) groups excluding carboxylic acids is 2. The van der Waals surface area contributed by atoms with Crippen molar-refractivity contribution in [1.29, 1.82) is 0 Å². The first kappa shape index (κ1) is 26.3. The van der Waals surface area contributed by atoms with Gasteiger partial charge in [0.05, 0.1) is 22.4 Å². The third-order valence-electron chi connectivity index (χ3n) is 6.08. The van der Waals surface area contributed by atoms with E-state index in [0.717, 1.165) is 28.1 Å². The summed E-state index contributed by atoms with van der Waals surface area (Å²) in [4.78, 5) is 28.2.